The van der Waals surface area contributed by atoms with Gasteiger partial charge in [-0.2, -0.15) is 13.2 Å². The normalized spacial score (nSPS) is 21.8. The summed E-state index contributed by atoms with van der Waals surface area (Å²) in [7, 11) is 0. The Bertz CT molecular complexity index is 1290. The quantitative estimate of drug-likeness (QED) is 0.331. The second-order valence-corrected chi connectivity index (χ2v) is 10.7. The van der Waals surface area contributed by atoms with Crippen LogP contribution in [0.2, 0.25) is 10.0 Å². The van der Waals surface area contributed by atoms with Gasteiger partial charge in [0, 0.05) is 56.5 Å². The number of amides is 2. The van der Waals surface area contributed by atoms with Gasteiger partial charge in [0.15, 0.2) is 0 Å². The van der Waals surface area contributed by atoms with E-state index in [0.717, 1.165) is 48.7 Å². The molecule has 218 valence electrons. The molecule has 0 radical (unpaired) electrons. The van der Waals surface area contributed by atoms with Crippen molar-refractivity contribution in [2.45, 2.75) is 43.2 Å². The van der Waals surface area contributed by atoms with Gasteiger partial charge in [0.2, 0.25) is 0 Å². The largest absolute Gasteiger partial charge is 0.506 e. The van der Waals surface area contributed by atoms with E-state index in [1.807, 2.05) is 23.1 Å². The zero-order valence-corrected chi connectivity index (χ0v) is 22.4. The molecule has 3 aliphatic rings. The number of phenolic OH excluding ortho intramolecular Hbond substituents is 1. The van der Waals surface area contributed by atoms with Crippen molar-refractivity contribution >= 4 is 46.6 Å². The number of alkyl halides is 3. The number of carboxylic acids is 1. The van der Waals surface area contributed by atoms with Crippen molar-refractivity contribution in [1.29, 1.82) is 0 Å². The number of benzene rings is 2. The van der Waals surface area contributed by atoms with Gasteiger partial charge in [0.05, 0.1) is 28.5 Å². The number of hydrogen-bond acceptors (Lipinski definition) is 7. The van der Waals surface area contributed by atoms with E-state index in [4.69, 9.17) is 43.6 Å². The summed E-state index contributed by atoms with van der Waals surface area (Å²) in [5.41, 5.74) is 7.20. The Morgan fingerprint density at radius 2 is 1.77 bits per heavy atom. The molecule has 15 heteroatoms. The summed E-state index contributed by atoms with van der Waals surface area (Å²) in [6.45, 7) is 2.51. The number of halogens is 5. The number of nitrogens with one attached hydrogen (secondary N) is 1. The lowest BCUT2D eigenvalue weighted by atomic mass is 9.86. The molecular weight excluding hydrogens is 580 g/mol. The standard InChI is InChI=1S/C23H26Cl2N4O4.C2HF3O2/c24-14-1-2-21-13(7-14)10-23(33-21)3-5-28(6-4-23)18-11-29(12-20(18)31)17-9-19(30)15(25)8-16(17)27-22(26)32;3-2(4,5)1(6)7/h1-2,7-9,18,20,30-31H,3-6,10-12H2,(H3,26,27,32);(H,6,7)/t18?,20-;/m1./s1. The highest BCUT2D eigenvalue weighted by Gasteiger charge is 2.45. The van der Waals surface area contributed by atoms with E-state index in [1.54, 1.807) is 0 Å². The number of phenols is 1. The van der Waals surface area contributed by atoms with E-state index in [1.165, 1.54) is 12.1 Å². The summed E-state index contributed by atoms with van der Waals surface area (Å²) >= 11 is 12.2. The van der Waals surface area contributed by atoms with E-state index in [0.29, 0.717) is 24.5 Å². The average molecular weight is 607 g/mol. The summed E-state index contributed by atoms with van der Waals surface area (Å²) < 4.78 is 38.1. The number of aliphatic carboxylic acids is 1. The fourth-order valence-electron chi connectivity index (χ4n) is 5.31. The number of carboxylic acid groups (broad SMARTS) is 1. The topological polar surface area (TPSA) is 149 Å². The number of aromatic hydroxyl groups is 1. The molecule has 10 nitrogen and oxygen atoms in total. The van der Waals surface area contributed by atoms with Crippen molar-refractivity contribution in [3.63, 3.8) is 0 Å². The molecule has 0 bridgehead atoms. The van der Waals surface area contributed by atoms with Crippen LogP contribution in [-0.2, 0) is 11.2 Å². The predicted molar refractivity (Wildman–Crippen MR) is 141 cm³/mol. The number of hydrogen-bond donors (Lipinski definition) is 5. The van der Waals surface area contributed by atoms with Gasteiger partial charge in [0.25, 0.3) is 0 Å². The van der Waals surface area contributed by atoms with Crippen molar-refractivity contribution < 1.29 is 42.8 Å². The number of β-amino-alcohol motifs (C(OH)–C–C–N with tert-alkyl or cyclic N) is 1. The number of carbonyl (C=O) groups excluding carboxylic acids is 1. The van der Waals surface area contributed by atoms with Crippen molar-refractivity contribution in [2.24, 2.45) is 5.73 Å². The third-order valence-corrected chi connectivity index (χ3v) is 7.74. The summed E-state index contributed by atoms with van der Waals surface area (Å²) in [4.78, 5) is 24.6. The molecule has 1 unspecified atom stereocenters. The number of aliphatic hydroxyl groups is 1. The Balaban J connectivity index is 0.000000470. The lowest BCUT2D eigenvalue weighted by Crippen LogP contribution is -2.53. The number of piperidine rings is 1. The number of anilines is 2. The molecule has 0 saturated carbocycles. The monoisotopic (exact) mass is 606 g/mol. The van der Waals surface area contributed by atoms with Crippen LogP contribution < -0.4 is 20.7 Å². The Morgan fingerprint density at radius 1 is 1.12 bits per heavy atom. The van der Waals surface area contributed by atoms with Gasteiger partial charge >= 0.3 is 18.2 Å². The van der Waals surface area contributed by atoms with Crippen LogP contribution in [0.25, 0.3) is 0 Å². The molecule has 0 aliphatic carbocycles. The van der Waals surface area contributed by atoms with Crippen LogP contribution in [0.15, 0.2) is 30.3 Å². The van der Waals surface area contributed by atoms with E-state index >= 15 is 0 Å². The van der Waals surface area contributed by atoms with Crippen molar-refractivity contribution in [3.8, 4) is 11.5 Å². The molecule has 0 aromatic heterocycles. The molecule has 2 amide bonds. The fraction of sp³-hybridized carbons (Fsp3) is 0.440. The Kier molecular flexibility index (Phi) is 8.50. The molecule has 3 heterocycles. The molecule has 6 N–H and O–H groups in total. The number of rotatable bonds is 3. The van der Waals surface area contributed by atoms with Crippen LogP contribution in [-0.4, -0.2) is 82.3 Å². The lowest BCUT2D eigenvalue weighted by Gasteiger charge is -2.41. The van der Waals surface area contributed by atoms with E-state index in [-0.39, 0.29) is 22.4 Å². The number of carbonyl (C=O) groups is 2. The third-order valence-electron chi connectivity index (χ3n) is 7.21. The molecule has 2 aromatic rings. The molecule has 5 rings (SSSR count). The summed E-state index contributed by atoms with van der Waals surface area (Å²) in [5.74, 6) is -1.94. The number of urea groups is 1. The second kappa shape index (κ2) is 11.4. The number of nitrogens with zero attached hydrogens (tertiary/aromatic N) is 2. The van der Waals surface area contributed by atoms with Crippen LogP contribution in [0, 0.1) is 0 Å². The van der Waals surface area contributed by atoms with Gasteiger partial charge in [-0.3, -0.25) is 4.90 Å². The maximum absolute atomic E-state index is 11.4. The molecule has 2 saturated heterocycles. The van der Waals surface area contributed by atoms with E-state index < -0.39 is 24.3 Å². The molecule has 1 spiro atoms. The van der Waals surface area contributed by atoms with E-state index in [9.17, 15) is 28.2 Å². The first-order chi connectivity index (χ1) is 18.7. The highest BCUT2D eigenvalue weighted by Crippen LogP contribution is 2.43. The average Bonchev–Trinajstić information content (AvgIpc) is 3.41. The highest BCUT2D eigenvalue weighted by molar-refractivity contribution is 6.32. The van der Waals surface area contributed by atoms with Crippen molar-refractivity contribution in [1.82, 2.24) is 4.90 Å². The predicted octanol–water partition coefficient (Wildman–Crippen LogP) is 3.84. The molecule has 2 aromatic carbocycles. The van der Waals surface area contributed by atoms with Crippen LogP contribution in [0.1, 0.15) is 18.4 Å². The summed E-state index contributed by atoms with van der Waals surface area (Å²) in [6, 6.07) is 7.92. The first-order valence-corrected chi connectivity index (χ1v) is 13.0. The molecule has 2 fully saturated rings. The maximum atomic E-state index is 11.4. The van der Waals surface area contributed by atoms with Gasteiger partial charge in [-0.05, 0) is 29.8 Å². The minimum Gasteiger partial charge on any atom is -0.506 e. The highest BCUT2D eigenvalue weighted by atomic mass is 35.5. The molecule has 2 atom stereocenters. The molecule has 3 aliphatic heterocycles. The van der Waals surface area contributed by atoms with Gasteiger partial charge in [-0.15, -0.1) is 0 Å². The van der Waals surface area contributed by atoms with Gasteiger partial charge < -0.3 is 36.0 Å². The van der Waals surface area contributed by atoms with Crippen molar-refractivity contribution in [3.05, 3.63) is 45.9 Å². The second-order valence-electron chi connectivity index (χ2n) is 9.90. The third kappa shape index (κ3) is 6.60. The van der Waals surface area contributed by atoms with Gasteiger partial charge in [-0.25, -0.2) is 9.59 Å². The summed E-state index contributed by atoms with van der Waals surface area (Å²) in [5, 5.41) is 31.5. The van der Waals surface area contributed by atoms with Crippen LogP contribution in [0.5, 0.6) is 11.5 Å². The van der Waals surface area contributed by atoms with E-state index in [2.05, 4.69) is 10.2 Å². The number of nitrogens with two attached hydrogens (primary N) is 1. The lowest BCUT2D eigenvalue weighted by molar-refractivity contribution is -0.192. The zero-order chi connectivity index (χ0) is 29.4. The molecule has 40 heavy (non-hydrogen) atoms. The summed E-state index contributed by atoms with van der Waals surface area (Å²) in [6.07, 6.45) is -3.10. The molecular formula is C25H27Cl2F3N4O6. The smallest absolute Gasteiger partial charge is 0.490 e. The minimum atomic E-state index is -5.08. The first-order valence-electron chi connectivity index (χ1n) is 12.2. The van der Waals surface area contributed by atoms with Gasteiger partial charge in [0.1, 0.15) is 17.1 Å². The number of primary amides is 1. The minimum absolute atomic E-state index is 0.0835. The first kappa shape index (κ1) is 29.8. The Labute approximate surface area is 237 Å². The van der Waals surface area contributed by atoms with Crippen LogP contribution >= 0.6 is 23.2 Å². The number of ether oxygens (including phenoxy) is 1. The number of likely N-dealkylation sites (tertiary alicyclic amines) is 1. The Morgan fingerprint density at radius 3 is 2.38 bits per heavy atom. The van der Waals surface area contributed by atoms with Gasteiger partial charge in [-0.1, -0.05) is 23.2 Å². The zero-order valence-electron chi connectivity index (χ0n) is 20.9. The SMILES string of the molecule is NC(=O)Nc1cc(Cl)c(O)cc1N1CC(N2CCC3(CC2)Cc2cc(Cl)ccc2O3)[C@H](O)C1.O=C(O)C(F)(F)F. The number of aliphatic hydroxyl groups excluding tert-OH is 1. The number of fused-ring (bicyclic) bond motifs is 1. The van der Waals surface area contributed by atoms with Crippen molar-refractivity contribution in [2.75, 3.05) is 36.4 Å². The Hall–Kier alpha value is -3.13. The fourth-order valence-corrected chi connectivity index (χ4v) is 5.67. The van der Waals surface area contributed by atoms with Crippen LogP contribution in [0.4, 0.5) is 29.3 Å². The maximum Gasteiger partial charge on any atom is 0.490 e. The van der Waals surface area contributed by atoms with Crippen LogP contribution in [0.3, 0.4) is 0 Å².